The van der Waals surface area contributed by atoms with Crippen molar-refractivity contribution in [1.29, 1.82) is 0 Å². The highest BCUT2D eigenvalue weighted by Gasteiger charge is 2.31. The molecule has 0 saturated carbocycles. The van der Waals surface area contributed by atoms with Gasteiger partial charge in [0.05, 0.1) is 0 Å². The Morgan fingerprint density at radius 2 is 0.486 bits per heavy atom. The van der Waals surface area contributed by atoms with E-state index >= 15 is 0 Å². The number of rotatable bonds is 30. The van der Waals surface area contributed by atoms with E-state index in [1.165, 1.54) is 173 Å². The van der Waals surface area contributed by atoms with E-state index < -0.39 is 0 Å². The minimum Gasteiger partial charge on any atom is -0.294 e. The zero-order chi connectivity index (χ0) is 27.4. The average molecular weight is 522 g/mol. The smallest absolute Gasteiger partial charge is 0.0101 e. The molecule has 0 saturated heterocycles. The first-order valence-corrected chi connectivity index (χ1v) is 18.0. The standard InChI is InChI=1S/C36H75N/c1-7-13-19-22-25-31-34(28-16-10-4)37(35(29-17-11-5)32-26-23-20-14-8-2)36(30-18-12-6)33-27-24-21-15-9-3/h34-36H,7-33H2,1-6H3. The summed E-state index contributed by atoms with van der Waals surface area (Å²) >= 11 is 0. The Balaban J connectivity index is 5.78. The Labute approximate surface area is 237 Å². The van der Waals surface area contributed by atoms with Gasteiger partial charge in [-0.15, -0.1) is 0 Å². The van der Waals surface area contributed by atoms with E-state index in [0.29, 0.717) is 0 Å². The van der Waals surface area contributed by atoms with E-state index in [1.54, 1.807) is 0 Å². The van der Waals surface area contributed by atoms with Gasteiger partial charge >= 0.3 is 0 Å². The largest absolute Gasteiger partial charge is 0.294 e. The van der Waals surface area contributed by atoms with Gasteiger partial charge in [-0.1, -0.05) is 176 Å². The predicted octanol–water partition coefficient (Wildman–Crippen LogP) is 13.0. The van der Waals surface area contributed by atoms with Crippen molar-refractivity contribution in [1.82, 2.24) is 4.90 Å². The molecule has 0 amide bonds. The SMILES string of the molecule is CCCCCCCC(CCCC)N(C(CCCC)CCCCCCC)C(CCCC)CCCCCCC. The van der Waals surface area contributed by atoms with Crippen LogP contribution in [0.15, 0.2) is 0 Å². The molecule has 0 aliphatic carbocycles. The maximum Gasteiger partial charge on any atom is 0.0101 e. The van der Waals surface area contributed by atoms with Crippen LogP contribution in [0.2, 0.25) is 0 Å². The Bertz CT molecular complexity index is 357. The molecule has 1 nitrogen and oxygen atoms in total. The molecule has 0 N–H and O–H groups in total. The van der Waals surface area contributed by atoms with Gasteiger partial charge in [-0.2, -0.15) is 0 Å². The maximum atomic E-state index is 3.24. The molecule has 0 aromatic carbocycles. The lowest BCUT2D eigenvalue weighted by Crippen LogP contribution is -2.50. The third-order valence-electron chi connectivity index (χ3n) is 8.86. The summed E-state index contributed by atoms with van der Waals surface area (Å²) in [7, 11) is 0. The second-order valence-corrected chi connectivity index (χ2v) is 12.4. The monoisotopic (exact) mass is 522 g/mol. The quantitative estimate of drug-likeness (QED) is 0.0849. The Morgan fingerprint density at radius 3 is 0.730 bits per heavy atom. The van der Waals surface area contributed by atoms with Crippen LogP contribution in [0.4, 0.5) is 0 Å². The molecule has 0 heterocycles. The topological polar surface area (TPSA) is 3.24 Å². The molecule has 0 rings (SSSR count). The number of nitrogens with zero attached hydrogens (tertiary/aromatic N) is 1. The highest BCUT2D eigenvalue weighted by Crippen LogP contribution is 2.31. The van der Waals surface area contributed by atoms with Crippen molar-refractivity contribution in [2.45, 2.75) is 233 Å². The van der Waals surface area contributed by atoms with Gasteiger partial charge in [0, 0.05) is 18.1 Å². The van der Waals surface area contributed by atoms with Gasteiger partial charge in [-0.25, -0.2) is 0 Å². The van der Waals surface area contributed by atoms with Crippen molar-refractivity contribution in [3.63, 3.8) is 0 Å². The van der Waals surface area contributed by atoms with Crippen molar-refractivity contribution >= 4 is 0 Å². The van der Waals surface area contributed by atoms with Crippen LogP contribution in [0, 0.1) is 0 Å². The molecule has 0 aliphatic rings. The maximum absolute atomic E-state index is 3.24. The van der Waals surface area contributed by atoms with Crippen molar-refractivity contribution in [3.05, 3.63) is 0 Å². The first-order valence-electron chi connectivity index (χ1n) is 18.0. The minimum atomic E-state index is 0.830. The molecule has 0 aromatic heterocycles. The first-order chi connectivity index (χ1) is 18.2. The molecule has 0 bridgehead atoms. The van der Waals surface area contributed by atoms with Gasteiger partial charge in [0.2, 0.25) is 0 Å². The van der Waals surface area contributed by atoms with Gasteiger partial charge in [0.15, 0.2) is 0 Å². The summed E-state index contributed by atoms with van der Waals surface area (Å²) in [4.78, 5) is 3.24. The minimum absolute atomic E-state index is 0.830. The first kappa shape index (κ1) is 37.0. The molecule has 0 radical (unpaired) electrons. The second-order valence-electron chi connectivity index (χ2n) is 12.4. The van der Waals surface area contributed by atoms with Crippen molar-refractivity contribution < 1.29 is 0 Å². The van der Waals surface area contributed by atoms with Gasteiger partial charge < -0.3 is 0 Å². The van der Waals surface area contributed by atoms with Crippen LogP contribution >= 0.6 is 0 Å². The summed E-state index contributed by atoms with van der Waals surface area (Å²) < 4.78 is 0. The van der Waals surface area contributed by atoms with Gasteiger partial charge in [0.1, 0.15) is 0 Å². The van der Waals surface area contributed by atoms with E-state index in [1.807, 2.05) is 0 Å². The van der Waals surface area contributed by atoms with Crippen molar-refractivity contribution in [2.24, 2.45) is 0 Å². The lowest BCUT2D eigenvalue weighted by atomic mass is 9.89. The lowest BCUT2D eigenvalue weighted by Gasteiger charge is -2.45. The normalized spacial score (nSPS) is 14.4. The van der Waals surface area contributed by atoms with Gasteiger partial charge in [-0.3, -0.25) is 4.90 Å². The summed E-state index contributed by atoms with van der Waals surface area (Å²) in [6, 6.07) is 2.49. The van der Waals surface area contributed by atoms with E-state index in [9.17, 15) is 0 Å². The second kappa shape index (κ2) is 29.0. The fourth-order valence-electron chi connectivity index (χ4n) is 6.49. The predicted molar refractivity (Wildman–Crippen MR) is 172 cm³/mol. The van der Waals surface area contributed by atoms with E-state index in [0.717, 1.165) is 18.1 Å². The zero-order valence-corrected chi connectivity index (χ0v) is 27.3. The molecule has 0 fully saturated rings. The highest BCUT2D eigenvalue weighted by molar-refractivity contribution is 4.86. The fraction of sp³-hybridized carbons (Fsp3) is 1.00. The van der Waals surface area contributed by atoms with E-state index in [-0.39, 0.29) is 0 Å². The van der Waals surface area contributed by atoms with Crippen LogP contribution in [0.25, 0.3) is 0 Å². The highest BCUT2D eigenvalue weighted by atomic mass is 15.2. The Kier molecular flexibility index (Phi) is 28.9. The number of hydrogen-bond acceptors (Lipinski definition) is 1. The molecule has 0 aliphatic heterocycles. The lowest BCUT2D eigenvalue weighted by molar-refractivity contribution is 0.0413. The van der Waals surface area contributed by atoms with Crippen molar-refractivity contribution in [2.75, 3.05) is 0 Å². The molecular weight excluding hydrogens is 446 g/mol. The summed E-state index contributed by atoms with van der Waals surface area (Å²) in [6.45, 7) is 14.3. The molecule has 1 heteroatoms. The Hall–Kier alpha value is -0.0400. The van der Waals surface area contributed by atoms with Crippen LogP contribution < -0.4 is 0 Å². The fourth-order valence-corrected chi connectivity index (χ4v) is 6.49. The van der Waals surface area contributed by atoms with E-state index in [2.05, 4.69) is 46.4 Å². The summed E-state index contributed by atoms with van der Waals surface area (Å²) in [5.41, 5.74) is 0. The van der Waals surface area contributed by atoms with Gasteiger partial charge in [-0.05, 0) is 38.5 Å². The molecule has 0 aromatic rings. The van der Waals surface area contributed by atoms with Crippen LogP contribution in [0.5, 0.6) is 0 Å². The third-order valence-corrected chi connectivity index (χ3v) is 8.86. The van der Waals surface area contributed by atoms with Crippen molar-refractivity contribution in [3.8, 4) is 0 Å². The third kappa shape index (κ3) is 20.5. The number of hydrogen-bond donors (Lipinski definition) is 0. The summed E-state index contributed by atoms with van der Waals surface area (Å²) in [6.07, 6.45) is 38.5. The zero-order valence-electron chi connectivity index (χ0n) is 27.3. The molecule has 0 spiro atoms. The molecule has 37 heavy (non-hydrogen) atoms. The summed E-state index contributed by atoms with van der Waals surface area (Å²) in [5, 5.41) is 0. The summed E-state index contributed by atoms with van der Waals surface area (Å²) in [5.74, 6) is 0. The molecule has 3 unspecified atom stereocenters. The molecular formula is C36H75N. The molecule has 224 valence electrons. The van der Waals surface area contributed by atoms with E-state index in [4.69, 9.17) is 0 Å². The van der Waals surface area contributed by atoms with Crippen LogP contribution in [-0.4, -0.2) is 23.0 Å². The van der Waals surface area contributed by atoms with Crippen LogP contribution in [0.3, 0.4) is 0 Å². The average Bonchev–Trinajstić information content (AvgIpc) is 2.91. The van der Waals surface area contributed by atoms with Crippen LogP contribution in [0.1, 0.15) is 215 Å². The molecule has 3 atom stereocenters. The van der Waals surface area contributed by atoms with Crippen LogP contribution in [-0.2, 0) is 0 Å². The Morgan fingerprint density at radius 1 is 0.270 bits per heavy atom. The van der Waals surface area contributed by atoms with Gasteiger partial charge in [0.25, 0.3) is 0 Å². The number of unbranched alkanes of at least 4 members (excludes halogenated alkanes) is 15.